The van der Waals surface area contributed by atoms with Gasteiger partial charge in [-0.25, -0.2) is 0 Å². The number of nitrogens with zero attached hydrogens (tertiary/aromatic N) is 1. The summed E-state index contributed by atoms with van der Waals surface area (Å²) in [5.74, 6) is -0.868. The van der Waals surface area contributed by atoms with E-state index in [-0.39, 0.29) is 0 Å². The number of nitrogens with two attached hydrogens (primary N) is 1. The lowest BCUT2D eigenvalue weighted by molar-refractivity contribution is -0.131. The molecule has 0 spiro atoms. The van der Waals surface area contributed by atoms with Crippen LogP contribution in [0, 0.1) is 11.3 Å². The molecule has 0 fully saturated rings. The maximum absolute atomic E-state index is 12.3. The van der Waals surface area contributed by atoms with Crippen LogP contribution in [-0.4, -0.2) is 17.9 Å². The highest BCUT2D eigenvalue weighted by atomic mass is 16.5. The highest BCUT2D eigenvalue weighted by Crippen LogP contribution is 2.19. The molecule has 2 rings (SSSR count). The molecule has 24 heavy (non-hydrogen) atoms. The number of ether oxygens (including phenoxy) is 1. The zero-order valence-corrected chi connectivity index (χ0v) is 13.1. The minimum absolute atomic E-state index is 0.304. The van der Waals surface area contributed by atoms with Crippen molar-refractivity contribution >= 4 is 11.8 Å². The van der Waals surface area contributed by atoms with Gasteiger partial charge in [0.05, 0.1) is 5.56 Å². The van der Waals surface area contributed by atoms with Crippen LogP contribution in [0.5, 0.6) is 5.75 Å². The molecule has 0 aliphatic rings. The average Bonchev–Trinajstić information content (AvgIpc) is 2.60. The van der Waals surface area contributed by atoms with Gasteiger partial charge in [-0.3, -0.25) is 9.59 Å². The largest absolute Gasteiger partial charge is 0.480 e. The number of carbonyl (C=O) groups is 2. The fourth-order valence-corrected chi connectivity index (χ4v) is 2.13. The van der Waals surface area contributed by atoms with E-state index in [9.17, 15) is 9.59 Å². The van der Waals surface area contributed by atoms with Crippen molar-refractivity contribution in [2.45, 2.75) is 19.1 Å². The maximum Gasteiger partial charge on any atom is 0.261 e. The number of hydrogen-bond acceptors (Lipinski definition) is 4. The molecule has 6 nitrogen and oxygen atoms in total. The summed E-state index contributed by atoms with van der Waals surface area (Å²) in [4.78, 5) is 23.9. The van der Waals surface area contributed by atoms with E-state index < -0.39 is 24.0 Å². The van der Waals surface area contributed by atoms with Crippen LogP contribution in [0.15, 0.2) is 54.6 Å². The number of primary amides is 1. The maximum atomic E-state index is 12.3. The van der Waals surface area contributed by atoms with Crippen molar-refractivity contribution in [1.82, 2.24) is 5.32 Å². The molecule has 0 saturated carbocycles. The Kier molecular flexibility index (Phi) is 5.53. The van der Waals surface area contributed by atoms with Crippen LogP contribution >= 0.6 is 0 Å². The number of nitriles is 1. The predicted octanol–water partition coefficient (Wildman–Crippen LogP) is 1.67. The van der Waals surface area contributed by atoms with Crippen LogP contribution in [0.3, 0.4) is 0 Å². The quantitative estimate of drug-likeness (QED) is 0.843. The molecule has 0 saturated heterocycles. The fourth-order valence-electron chi connectivity index (χ4n) is 2.13. The molecule has 0 radical (unpaired) electrons. The number of nitrogens with one attached hydrogen (secondary N) is 1. The third-order valence-corrected chi connectivity index (χ3v) is 3.38. The van der Waals surface area contributed by atoms with Crippen molar-refractivity contribution in [2.75, 3.05) is 0 Å². The number of rotatable bonds is 6. The van der Waals surface area contributed by atoms with E-state index in [2.05, 4.69) is 5.32 Å². The lowest BCUT2D eigenvalue weighted by atomic mass is 10.1. The van der Waals surface area contributed by atoms with Crippen molar-refractivity contribution in [2.24, 2.45) is 5.73 Å². The molecule has 122 valence electrons. The molecule has 2 amide bonds. The third kappa shape index (κ3) is 4.11. The van der Waals surface area contributed by atoms with Crippen LogP contribution in [0.25, 0.3) is 0 Å². The molecule has 0 unspecified atom stereocenters. The molecule has 0 bridgehead atoms. The molecule has 0 aromatic heterocycles. The summed E-state index contributed by atoms with van der Waals surface area (Å²) in [7, 11) is 0. The second-order valence-electron chi connectivity index (χ2n) is 5.12. The summed E-state index contributed by atoms with van der Waals surface area (Å²) in [6.45, 7) is 1.53. The predicted molar refractivity (Wildman–Crippen MR) is 87.8 cm³/mol. The molecular weight excluding hydrogens is 306 g/mol. The Morgan fingerprint density at radius 1 is 1.12 bits per heavy atom. The highest BCUT2D eigenvalue weighted by Gasteiger charge is 2.24. The number of para-hydroxylation sites is 1. The van der Waals surface area contributed by atoms with Gasteiger partial charge in [-0.15, -0.1) is 0 Å². The first-order chi connectivity index (χ1) is 11.5. The average molecular weight is 323 g/mol. The molecule has 3 N–H and O–H groups in total. The van der Waals surface area contributed by atoms with E-state index in [0.717, 1.165) is 0 Å². The van der Waals surface area contributed by atoms with Gasteiger partial charge in [-0.2, -0.15) is 5.26 Å². The van der Waals surface area contributed by atoms with Crippen LogP contribution in [0.2, 0.25) is 0 Å². The number of carbonyl (C=O) groups excluding carboxylic acids is 2. The van der Waals surface area contributed by atoms with Gasteiger partial charge in [0.15, 0.2) is 6.10 Å². The molecular formula is C18H17N3O3. The normalized spacial score (nSPS) is 12.5. The van der Waals surface area contributed by atoms with Gasteiger partial charge in [0, 0.05) is 0 Å². The van der Waals surface area contributed by atoms with Crippen molar-refractivity contribution in [1.29, 1.82) is 5.26 Å². The van der Waals surface area contributed by atoms with Crippen molar-refractivity contribution in [3.05, 3.63) is 65.7 Å². The zero-order valence-electron chi connectivity index (χ0n) is 13.1. The zero-order chi connectivity index (χ0) is 17.5. The molecule has 2 atom stereocenters. The van der Waals surface area contributed by atoms with Crippen molar-refractivity contribution in [3.63, 3.8) is 0 Å². The van der Waals surface area contributed by atoms with Gasteiger partial charge in [-0.05, 0) is 24.6 Å². The smallest absolute Gasteiger partial charge is 0.261 e. The van der Waals surface area contributed by atoms with E-state index in [4.69, 9.17) is 15.7 Å². The number of amides is 2. The Morgan fingerprint density at radius 3 is 2.38 bits per heavy atom. The van der Waals surface area contributed by atoms with E-state index in [1.807, 2.05) is 6.07 Å². The second-order valence-corrected chi connectivity index (χ2v) is 5.12. The summed E-state index contributed by atoms with van der Waals surface area (Å²) in [6, 6.07) is 16.4. The molecule has 2 aromatic rings. The topological polar surface area (TPSA) is 105 Å². The molecule has 0 heterocycles. The Balaban J connectivity index is 2.10. The second kappa shape index (κ2) is 7.79. The summed E-state index contributed by atoms with van der Waals surface area (Å²) in [5, 5.41) is 11.6. The summed E-state index contributed by atoms with van der Waals surface area (Å²) in [6.07, 6.45) is -0.898. The fraction of sp³-hybridized carbons (Fsp3) is 0.167. The van der Waals surface area contributed by atoms with E-state index in [1.54, 1.807) is 54.6 Å². The number of benzene rings is 2. The van der Waals surface area contributed by atoms with Crippen LogP contribution in [0.1, 0.15) is 24.1 Å². The van der Waals surface area contributed by atoms with Gasteiger partial charge in [0.2, 0.25) is 5.91 Å². The SMILES string of the molecule is C[C@H](Oc1ccccc1C#N)C(=O)N[C@@H](C(N)=O)c1ccccc1. The standard InChI is InChI=1S/C18H17N3O3/c1-12(24-15-10-6-5-9-14(15)11-19)18(23)21-16(17(20)22)13-7-3-2-4-8-13/h2-10,12,16H,1H3,(H2,20,22)(H,21,23)/t12-,16+/m0/s1. The van der Waals surface area contributed by atoms with Crippen LogP contribution in [-0.2, 0) is 9.59 Å². The summed E-state index contributed by atoms with van der Waals surface area (Å²) < 4.78 is 5.53. The number of hydrogen-bond donors (Lipinski definition) is 2. The first-order valence-electron chi connectivity index (χ1n) is 7.33. The molecule has 6 heteroatoms. The first kappa shape index (κ1) is 17.0. The van der Waals surface area contributed by atoms with E-state index >= 15 is 0 Å². The Bertz CT molecular complexity index is 769. The monoisotopic (exact) mass is 323 g/mol. The van der Waals surface area contributed by atoms with E-state index in [1.165, 1.54) is 6.92 Å². The lowest BCUT2D eigenvalue weighted by Crippen LogP contribution is -2.43. The van der Waals surface area contributed by atoms with Gasteiger partial charge >= 0.3 is 0 Å². The third-order valence-electron chi connectivity index (χ3n) is 3.38. The van der Waals surface area contributed by atoms with Gasteiger partial charge in [0.1, 0.15) is 17.9 Å². The molecule has 0 aliphatic carbocycles. The Morgan fingerprint density at radius 2 is 1.75 bits per heavy atom. The first-order valence-corrected chi connectivity index (χ1v) is 7.33. The van der Waals surface area contributed by atoms with Gasteiger partial charge < -0.3 is 15.8 Å². The Hall–Kier alpha value is -3.33. The van der Waals surface area contributed by atoms with E-state index in [0.29, 0.717) is 16.9 Å². The minimum Gasteiger partial charge on any atom is -0.480 e. The minimum atomic E-state index is -0.948. The lowest BCUT2D eigenvalue weighted by Gasteiger charge is -2.20. The van der Waals surface area contributed by atoms with Crippen molar-refractivity contribution < 1.29 is 14.3 Å². The van der Waals surface area contributed by atoms with Crippen molar-refractivity contribution in [3.8, 4) is 11.8 Å². The summed E-state index contributed by atoms with van der Waals surface area (Å²) in [5.41, 5.74) is 6.29. The Labute approximate surface area is 139 Å². The highest BCUT2D eigenvalue weighted by molar-refractivity contribution is 5.89. The van der Waals surface area contributed by atoms with Crippen LogP contribution < -0.4 is 15.8 Å². The van der Waals surface area contributed by atoms with Gasteiger partial charge in [-0.1, -0.05) is 42.5 Å². The molecule has 2 aromatic carbocycles. The molecule has 0 aliphatic heterocycles. The van der Waals surface area contributed by atoms with Gasteiger partial charge in [0.25, 0.3) is 5.91 Å². The van der Waals surface area contributed by atoms with Crippen LogP contribution in [0.4, 0.5) is 0 Å². The summed E-state index contributed by atoms with van der Waals surface area (Å²) >= 11 is 0.